The molecule has 0 aromatic carbocycles. The molecule has 2 N–H and O–H groups in total. The molecule has 0 bridgehead atoms. The van der Waals surface area contributed by atoms with Gasteiger partial charge in [-0.25, -0.2) is 15.0 Å². The number of hydrogen-bond donors (Lipinski definition) is 1. The summed E-state index contributed by atoms with van der Waals surface area (Å²) in [7, 11) is 0. The van der Waals surface area contributed by atoms with Crippen molar-refractivity contribution in [2.24, 2.45) is 11.8 Å². The fraction of sp³-hybridized carbons (Fsp3) is 0.533. The van der Waals surface area contributed by atoms with Crippen molar-refractivity contribution in [3.63, 3.8) is 0 Å². The van der Waals surface area contributed by atoms with E-state index in [9.17, 15) is 0 Å². The molecule has 1 saturated carbocycles. The molecule has 1 aliphatic carbocycles. The zero-order valence-corrected chi connectivity index (χ0v) is 11.9. The minimum Gasteiger partial charge on any atom is -0.382 e. The second kappa shape index (κ2) is 5.12. The second-order valence-electron chi connectivity index (χ2n) is 5.48. The molecule has 104 valence electrons. The zero-order chi connectivity index (χ0) is 14.1. The van der Waals surface area contributed by atoms with Gasteiger partial charge in [-0.2, -0.15) is 0 Å². The highest BCUT2D eigenvalue weighted by Gasteiger charge is 2.34. The van der Waals surface area contributed by atoms with E-state index in [1.807, 2.05) is 13.3 Å². The molecule has 3 unspecified atom stereocenters. The molecule has 1 fully saturated rings. The van der Waals surface area contributed by atoms with E-state index in [0.29, 0.717) is 29.2 Å². The van der Waals surface area contributed by atoms with Crippen LogP contribution in [0.1, 0.15) is 39.2 Å². The number of nitrogens with two attached hydrogens (primary N) is 1. The van der Waals surface area contributed by atoms with E-state index >= 15 is 0 Å². The smallest absolute Gasteiger partial charge is 0.165 e. The summed E-state index contributed by atoms with van der Waals surface area (Å²) >= 11 is 0. The molecule has 0 saturated heterocycles. The van der Waals surface area contributed by atoms with Crippen molar-refractivity contribution in [3.8, 4) is 11.8 Å². The molecular weight excluding hydrogens is 250 g/mol. The summed E-state index contributed by atoms with van der Waals surface area (Å²) in [4.78, 5) is 12.7. The number of hydrogen-bond acceptors (Lipinski definition) is 4. The van der Waals surface area contributed by atoms with Crippen LogP contribution in [0.25, 0.3) is 11.2 Å². The Balaban J connectivity index is 1.92. The fourth-order valence-electron chi connectivity index (χ4n) is 3.25. The number of anilines is 1. The van der Waals surface area contributed by atoms with Crippen molar-refractivity contribution in [3.05, 3.63) is 12.7 Å². The largest absolute Gasteiger partial charge is 0.382 e. The van der Waals surface area contributed by atoms with Gasteiger partial charge < -0.3 is 10.3 Å². The van der Waals surface area contributed by atoms with Crippen LogP contribution in [-0.4, -0.2) is 19.5 Å². The van der Waals surface area contributed by atoms with Crippen LogP contribution in [0, 0.1) is 23.7 Å². The van der Waals surface area contributed by atoms with E-state index in [1.54, 1.807) is 0 Å². The summed E-state index contributed by atoms with van der Waals surface area (Å²) in [6.45, 7) is 4.20. The molecule has 5 heteroatoms. The van der Waals surface area contributed by atoms with Crippen LogP contribution in [-0.2, 0) is 0 Å². The van der Waals surface area contributed by atoms with Crippen LogP contribution in [0.15, 0.2) is 12.7 Å². The van der Waals surface area contributed by atoms with E-state index < -0.39 is 0 Å². The molecule has 0 amide bonds. The second-order valence-corrected chi connectivity index (χ2v) is 5.48. The van der Waals surface area contributed by atoms with Gasteiger partial charge in [0.05, 0.1) is 6.33 Å². The molecule has 1 aliphatic rings. The predicted octanol–water partition coefficient (Wildman–Crippen LogP) is 2.41. The maximum Gasteiger partial charge on any atom is 0.165 e. The highest BCUT2D eigenvalue weighted by atomic mass is 15.2. The van der Waals surface area contributed by atoms with Crippen LogP contribution >= 0.6 is 0 Å². The molecule has 0 spiro atoms. The Bertz CT molecular complexity index is 678. The lowest BCUT2D eigenvalue weighted by atomic mass is 9.93. The first kappa shape index (κ1) is 12.9. The third kappa shape index (κ3) is 2.01. The Morgan fingerprint density at radius 1 is 1.35 bits per heavy atom. The van der Waals surface area contributed by atoms with Crippen molar-refractivity contribution in [2.75, 3.05) is 5.73 Å². The van der Waals surface area contributed by atoms with Gasteiger partial charge in [0.2, 0.25) is 0 Å². The Morgan fingerprint density at radius 3 is 3.00 bits per heavy atom. The zero-order valence-electron chi connectivity index (χ0n) is 11.9. The van der Waals surface area contributed by atoms with E-state index in [-0.39, 0.29) is 0 Å². The highest BCUT2D eigenvalue weighted by molar-refractivity contribution is 5.81. The van der Waals surface area contributed by atoms with Gasteiger partial charge in [-0.3, -0.25) is 0 Å². The summed E-state index contributed by atoms with van der Waals surface area (Å²) in [5, 5.41) is 0. The highest BCUT2D eigenvalue weighted by Crippen LogP contribution is 2.42. The quantitative estimate of drug-likeness (QED) is 0.850. The normalized spacial score (nSPS) is 25.6. The molecular formula is C15H19N5. The van der Waals surface area contributed by atoms with Gasteiger partial charge in [-0.1, -0.05) is 6.92 Å². The van der Waals surface area contributed by atoms with E-state index in [2.05, 4.69) is 38.3 Å². The molecule has 0 aliphatic heterocycles. The number of imidazole rings is 1. The van der Waals surface area contributed by atoms with E-state index in [0.717, 1.165) is 18.5 Å². The van der Waals surface area contributed by atoms with Crippen LogP contribution < -0.4 is 5.73 Å². The van der Waals surface area contributed by atoms with Gasteiger partial charge in [-0.15, -0.1) is 11.8 Å². The van der Waals surface area contributed by atoms with Crippen molar-refractivity contribution in [1.82, 2.24) is 19.5 Å². The number of aromatic nitrogens is 4. The van der Waals surface area contributed by atoms with Crippen molar-refractivity contribution >= 4 is 17.0 Å². The first-order chi connectivity index (χ1) is 9.72. The Hall–Kier alpha value is -2.09. The van der Waals surface area contributed by atoms with Crippen LogP contribution in [0.2, 0.25) is 0 Å². The molecule has 2 aromatic heterocycles. The third-order valence-electron chi connectivity index (χ3n) is 4.47. The topological polar surface area (TPSA) is 69.6 Å². The van der Waals surface area contributed by atoms with Gasteiger partial charge in [0.15, 0.2) is 11.5 Å². The molecule has 5 nitrogen and oxygen atoms in total. The molecule has 3 rings (SSSR count). The lowest BCUT2D eigenvalue weighted by Crippen LogP contribution is -2.15. The third-order valence-corrected chi connectivity index (χ3v) is 4.47. The van der Waals surface area contributed by atoms with Gasteiger partial charge in [0.1, 0.15) is 11.8 Å². The van der Waals surface area contributed by atoms with Crippen LogP contribution in [0.4, 0.5) is 5.82 Å². The molecule has 0 radical (unpaired) electrons. The van der Waals surface area contributed by atoms with Crippen molar-refractivity contribution in [1.29, 1.82) is 0 Å². The Kier molecular flexibility index (Phi) is 3.31. The van der Waals surface area contributed by atoms with E-state index in [4.69, 9.17) is 5.73 Å². The van der Waals surface area contributed by atoms with Gasteiger partial charge in [0, 0.05) is 12.5 Å². The number of fused-ring (bicyclic) bond motifs is 1. The minimum absolute atomic E-state index is 0.429. The van der Waals surface area contributed by atoms with Gasteiger partial charge >= 0.3 is 0 Å². The van der Waals surface area contributed by atoms with Crippen LogP contribution in [0.3, 0.4) is 0 Å². The fourth-order valence-corrected chi connectivity index (χ4v) is 3.25. The molecule has 2 aromatic rings. The maximum absolute atomic E-state index is 5.85. The average Bonchev–Trinajstić information content (AvgIpc) is 3.01. The summed E-state index contributed by atoms with van der Waals surface area (Å²) in [6, 6.07) is 0.429. The lowest BCUT2D eigenvalue weighted by molar-refractivity contribution is 0.344. The standard InChI is InChI=1S/C15H19N5/c1-3-4-5-11-6-7-12(10(11)2)20-9-19-13-14(16)17-8-18-15(13)20/h8-12H,5-7H2,1-2H3,(H2,16,17,18). The average molecular weight is 269 g/mol. The number of rotatable bonds is 2. The Labute approximate surface area is 118 Å². The summed E-state index contributed by atoms with van der Waals surface area (Å²) in [5.41, 5.74) is 7.40. The van der Waals surface area contributed by atoms with Gasteiger partial charge in [0.25, 0.3) is 0 Å². The number of nitrogens with zero attached hydrogens (tertiary/aromatic N) is 4. The van der Waals surface area contributed by atoms with Crippen molar-refractivity contribution < 1.29 is 0 Å². The summed E-state index contributed by atoms with van der Waals surface area (Å²) in [5.74, 6) is 7.89. The monoisotopic (exact) mass is 269 g/mol. The molecule has 2 heterocycles. The predicted molar refractivity (Wildman–Crippen MR) is 78.7 cm³/mol. The van der Waals surface area contributed by atoms with Gasteiger partial charge in [-0.05, 0) is 31.6 Å². The minimum atomic E-state index is 0.429. The van der Waals surface area contributed by atoms with Crippen molar-refractivity contribution in [2.45, 2.75) is 39.2 Å². The first-order valence-corrected chi connectivity index (χ1v) is 7.05. The summed E-state index contributed by atoms with van der Waals surface area (Å²) < 4.78 is 2.16. The molecule has 3 atom stereocenters. The van der Waals surface area contributed by atoms with Crippen LogP contribution in [0.5, 0.6) is 0 Å². The first-order valence-electron chi connectivity index (χ1n) is 7.05. The van der Waals surface area contributed by atoms with E-state index in [1.165, 1.54) is 12.7 Å². The summed E-state index contributed by atoms with van der Waals surface area (Å²) in [6.07, 6.45) is 6.70. The molecule has 20 heavy (non-hydrogen) atoms. The Morgan fingerprint density at radius 2 is 2.20 bits per heavy atom. The maximum atomic E-state index is 5.85. The SMILES string of the molecule is CC#CCC1CCC(n2cnc3c(N)ncnc32)C1C. The number of nitrogen functional groups attached to an aromatic ring is 1. The lowest BCUT2D eigenvalue weighted by Gasteiger charge is -2.21.